The fourth-order valence-electron chi connectivity index (χ4n) is 4.07. The lowest BCUT2D eigenvalue weighted by atomic mass is 9.90. The van der Waals surface area contributed by atoms with Gasteiger partial charge in [0.1, 0.15) is 35.4 Å². The fraction of sp³-hybridized carbons (Fsp3) is 0.207. The van der Waals surface area contributed by atoms with Crippen molar-refractivity contribution in [3.8, 4) is 30.3 Å². The second-order valence-corrected chi connectivity index (χ2v) is 8.34. The van der Waals surface area contributed by atoms with Crippen LogP contribution in [-0.4, -0.2) is 27.2 Å². The topological polar surface area (TPSA) is 125 Å². The maximum absolute atomic E-state index is 10.1. The Morgan fingerprint density at radius 2 is 1.25 bits per heavy atom. The summed E-state index contributed by atoms with van der Waals surface area (Å²) in [6.07, 6.45) is 3.67. The predicted molar refractivity (Wildman–Crippen MR) is 139 cm³/mol. The Morgan fingerprint density at radius 3 is 1.72 bits per heavy atom. The zero-order chi connectivity index (χ0) is 26.1. The number of rotatable bonds is 6. The van der Waals surface area contributed by atoms with E-state index in [1.807, 2.05) is 67.5 Å². The molecule has 36 heavy (non-hydrogen) atoms. The highest BCUT2D eigenvalue weighted by molar-refractivity contribution is 5.94. The molecule has 0 amide bonds. The monoisotopic (exact) mass is 469 g/mol. The molecule has 0 spiro atoms. The number of nitrogens with zero attached hydrogens (tertiary/aromatic N) is 7. The van der Waals surface area contributed by atoms with Gasteiger partial charge >= 0.3 is 0 Å². The molecule has 1 aliphatic heterocycles. The third-order valence-electron chi connectivity index (χ3n) is 5.97. The summed E-state index contributed by atoms with van der Waals surface area (Å²) >= 11 is 0. The van der Waals surface area contributed by atoms with E-state index in [1.165, 1.54) is 6.08 Å². The SMILES string of the molecule is CN(C)c1ccc(C(/C=C(/C#N)C(=C(C#N)C#N)c2ccc(N3CCCC3)cc2)=C(C#N)C#N)cc1. The van der Waals surface area contributed by atoms with Gasteiger partial charge in [0.05, 0.1) is 11.6 Å². The number of hydrogen-bond donors (Lipinski definition) is 0. The van der Waals surface area contributed by atoms with Crippen LogP contribution in [0.1, 0.15) is 24.0 Å². The quantitative estimate of drug-likeness (QED) is 0.425. The van der Waals surface area contributed by atoms with Gasteiger partial charge in [-0.25, -0.2) is 0 Å². The van der Waals surface area contributed by atoms with Gasteiger partial charge in [0.25, 0.3) is 0 Å². The molecule has 0 saturated carbocycles. The normalized spacial score (nSPS) is 12.2. The van der Waals surface area contributed by atoms with Crippen LogP contribution in [0.5, 0.6) is 0 Å². The minimum absolute atomic E-state index is 0.0108. The fourth-order valence-corrected chi connectivity index (χ4v) is 4.07. The Morgan fingerprint density at radius 1 is 0.722 bits per heavy atom. The molecule has 2 aromatic rings. The summed E-state index contributed by atoms with van der Waals surface area (Å²) in [5.74, 6) is 0. The van der Waals surface area contributed by atoms with Crippen molar-refractivity contribution in [1.82, 2.24) is 0 Å². The lowest BCUT2D eigenvalue weighted by molar-refractivity contribution is 0.949. The number of allylic oxidation sites excluding steroid dienone is 6. The highest BCUT2D eigenvalue weighted by atomic mass is 15.1. The van der Waals surface area contributed by atoms with E-state index in [1.54, 1.807) is 24.3 Å². The lowest BCUT2D eigenvalue weighted by Crippen LogP contribution is -2.17. The molecule has 7 heteroatoms. The molecule has 7 nitrogen and oxygen atoms in total. The second kappa shape index (κ2) is 11.7. The molecular formula is C29H23N7. The first kappa shape index (κ1) is 25.3. The van der Waals surface area contributed by atoms with Crippen LogP contribution in [0, 0.1) is 56.7 Å². The van der Waals surface area contributed by atoms with Gasteiger partial charge in [0.2, 0.25) is 0 Å². The standard InChI is InChI=1S/C29H23N7/c1-35(2)26-9-5-21(6-10-26)28(24(17-31)18-32)15-23(16-30)29(25(19-33)20-34)22-7-11-27(12-8-22)36-13-3-4-14-36/h5-12,15H,3-4,13-14H2,1-2H3/b23-15-. The molecule has 0 atom stereocenters. The first-order valence-corrected chi connectivity index (χ1v) is 11.3. The van der Waals surface area contributed by atoms with Crippen molar-refractivity contribution in [3.63, 3.8) is 0 Å². The van der Waals surface area contributed by atoms with Gasteiger partial charge in [-0.2, -0.15) is 26.3 Å². The summed E-state index contributed by atoms with van der Waals surface area (Å²) in [4.78, 5) is 4.17. The van der Waals surface area contributed by atoms with Crippen LogP contribution in [0.25, 0.3) is 11.1 Å². The Labute approximate surface area is 211 Å². The van der Waals surface area contributed by atoms with Crippen molar-refractivity contribution in [3.05, 3.63) is 82.5 Å². The van der Waals surface area contributed by atoms with Gasteiger partial charge in [0, 0.05) is 49.7 Å². The van der Waals surface area contributed by atoms with Crippen LogP contribution < -0.4 is 9.80 Å². The molecule has 0 unspecified atom stereocenters. The number of benzene rings is 2. The lowest BCUT2D eigenvalue weighted by Gasteiger charge is -2.18. The van der Waals surface area contributed by atoms with Crippen LogP contribution in [0.3, 0.4) is 0 Å². The van der Waals surface area contributed by atoms with Crippen LogP contribution in [-0.2, 0) is 0 Å². The zero-order valence-electron chi connectivity index (χ0n) is 20.2. The average Bonchev–Trinajstić information content (AvgIpc) is 3.45. The summed E-state index contributed by atoms with van der Waals surface area (Å²) in [6.45, 7) is 1.94. The van der Waals surface area contributed by atoms with Gasteiger partial charge in [-0.1, -0.05) is 24.3 Å². The smallest absolute Gasteiger partial charge is 0.138 e. The molecule has 0 radical (unpaired) electrons. The van der Waals surface area contributed by atoms with E-state index in [0.29, 0.717) is 11.1 Å². The Hall–Kier alpha value is -5.29. The highest BCUT2D eigenvalue weighted by Crippen LogP contribution is 2.32. The minimum Gasteiger partial charge on any atom is -0.378 e. The first-order valence-electron chi connectivity index (χ1n) is 11.3. The molecule has 0 aliphatic carbocycles. The molecule has 3 rings (SSSR count). The van der Waals surface area contributed by atoms with Crippen LogP contribution in [0.15, 0.2) is 71.3 Å². The van der Waals surface area contributed by atoms with E-state index in [2.05, 4.69) is 11.0 Å². The van der Waals surface area contributed by atoms with Gasteiger partial charge in [0.15, 0.2) is 0 Å². The average molecular weight is 470 g/mol. The molecule has 0 bridgehead atoms. The van der Waals surface area contributed by atoms with E-state index in [-0.39, 0.29) is 27.9 Å². The Kier molecular flexibility index (Phi) is 8.25. The van der Waals surface area contributed by atoms with Gasteiger partial charge in [-0.05, 0) is 54.3 Å². The largest absolute Gasteiger partial charge is 0.378 e. The summed E-state index contributed by atoms with van der Waals surface area (Å²) < 4.78 is 0. The molecule has 1 heterocycles. The summed E-state index contributed by atoms with van der Waals surface area (Å²) in [7, 11) is 3.79. The molecule has 0 aromatic heterocycles. The molecule has 1 fully saturated rings. The summed E-state index contributed by atoms with van der Waals surface area (Å²) in [6, 6.07) is 24.2. The van der Waals surface area contributed by atoms with Gasteiger partial charge in [-0.15, -0.1) is 0 Å². The van der Waals surface area contributed by atoms with Crippen molar-refractivity contribution in [2.45, 2.75) is 12.8 Å². The van der Waals surface area contributed by atoms with Crippen LogP contribution in [0.4, 0.5) is 11.4 Å². The number of anilines is 2. The van der Waals surface area contributed by atoms with E-state index in [9.17, 15) is 26.3 Å². The predicted octanol–water partition coefficient (Wildman–Crippen LogP) is 5.10. The zero-order valence-corrected chi connectivity index (χ0v) is 20.2. The second-order valence-electron chi connectivity index (χ2n) is 8.34. The van der Waals surface area contributed by atoms with Crippen LogP contribution in [0.2, 0.25) is 0 Å². The maximum atomic E-state index is 10.1. The van der Waals surface area contributed by atoms with Crippen LogP contribution >= 0.6 is 0 Å². The maximum Gasteiger partial charge on any atom is 0.138 e. The first-order chi connectivity index (χ1) is 17.5. The Balaban J connectivity index is 2.19. The van der Waals surface area contributed by atoms with Gasteiger partial charge in [-0.3, -0.25) is 0 Å². The van der Waals surface area contributed by atoms with E-state index in [0.717, 1.165) is 37.3 Å². The number of hydrogen-bond acceptors (Lipinski definition) is 7. The summed E-state index contributed by atoms with van der Waals surface area (Å²) in [5, 5.41) is 48.6. The Bertz CT molecular complexity index is 1400. The van der Waals surface area contributed by atoms with Crippen molar-refractivity contribution >= 4 is 22.5 Å². The highest BCUT2D eigenvalue weighted by Gasteiger charge is 2.19. The third-order valence-corrected chi connectivity index (χ3v) is 5.97. The summed E-state index contributed by atoms with van der Waals surface area (Å²) in [5.41, 5.74) is 3.05. The molecule has 1 aliphatic rings. The van der Waals surface area contributed by atoms with Crippen molar-refractivity contribution in [2.24, 2.45) is 0 Å². The van der Waals surface area contributed by atoms with E-state index in [4.69, 9.17) is 0 Å². The van der Waals surface area contributed by atoms with Gasteiger partial charge < -0.3 is 9.80 Å². The molecule has 0 N–H and O–H groups in total. The van der Waals surface area contributed by atoms with Crippen molar-refractivity contribution in [2.75, 3.05) is 37.0 Å². The van der Waals surface area contributed by atoms with E-state index >= 15 is 0 Å². The van der Waals surface area contributed by atoms with Crippen molar-refractivity contribution in [1.29, 1.82) is 26.3 Å². The third kappa shape index (κ3) is 5.43. The molecule has 2 aromatic carbocycles. The molecule has 174 valence electrons. The number of nitriles is 5. The molecular weight excluding hydrogens is 446 g/mol. The van der Waals surface area contributed by atoms with E-state index < -0.39 is 0 Å². The molecule has 1 saturated heterocycles. The minimum atomic E-state index is -0.227. The van der Waals surface area contributed by atoms with Crippen molar-refractivity contribution < 1.29 is 0 Å².